The van der Waals surface area contributed by atoms with E-state index in [1.807, 2.05) is 0 Å². The first-order chi connectivity index (χ1) is 12.9. The molecule has 0 aromatic rings. The Morgan fingerprint density at radius 2 is 0.423 bits per heavy atom. The Bertz CT molecular complexity index is 654. The van der Waals surface area contributed by atoms with Crippen molar-refractivity contribution in [1.29, 1.82) is 0 Å². The third-order valence-corrected chi connectivity index (χ3v) is 16.2. The molecule has 0 aromatic heterocycles. The molecule has 18 rings (SSSR count). The second kappa shape index (κ2) is 2.78. The van der Waals surface area contributed by atoms with Crippen LogP contribution in [0.1, 0.15) is 38.5 Å². The van der Waals surface area contributed by atoms with Gasteiger partial charge in [0.15, 0.2) is 0 Å². The maximum absolute atomic E-state index is 1.76. The zero-order chi connectivity index (χ0) is 15.6. The van der Waals surface area contributed by atoms with Crippen molar-refractivity contribution >= 4 is 0 Å². The van der Waals surface area contributed by atoms with E-state index in [2.05, 4.69) is 0 Å². The maximum Gasteiger partial charge on any atom is -0.0131 e. The van der Waals surface area contributed by atoms with Crippen molar-refractivity contribution in [2.24, 2.45) is 117 Å². The fraction of sp³-hybridized carbons (Fsp3) is 1.00. The van der Waals surface area contributed by atoms with Crippen molar-refractivity contribution in [2.75, 3.05) is 0 Å². The SMILES string of the molecule is C1C2C3CC4C5CC6C7CC8C9CC%10C%11CC%12C1C%10C(C25)(C69)C(C3%12)(C47)C%118. The van der Waals surface area contributed by atoms with Crippen LogP contribution in [0.15, 0.2) is 0 Å². The summed E-state index contributed by atoms with van der Waals surface area (Å²) in [5.41, 5.74) is 1.99. The van der Waals surface area contributed by atoms with Crippen LogP contribution in [0.4, 0.5) is 0 Å². The van der Waals surface area contributed by atoms with E-state index in [9.17, 15) is 0 Å². The van der Waals surface area contributed by atoms with E-state index in [0.717, 1.165) is 10.8 Å². The highest BCUT2D eigenvalue weighted by Crippen LogP contribution is 3.03. The summed E-state index contributed by atoms with van der Waals surface area (Å²) in [6.45, 7) is 0. The van der Waals surface area contributed by atoms with Gasteiger partial charge in [-0.2, -0.15) is 0 Å². The van der Waals surface area contributed by atoms with E-state index in [1.165, 1.54) is 107 Å². The Morgan fingerprint density at radius 1 is 0.269 bits per heavy atom. The van der Waals surface area contributed by atoms with Crippen LogP contribution < -0.4 is 0 Å². The summed E-state index contributed by atoms with van der Waals surface area (Å²) >= 11 is 0. The highest BCUT2D eigenvalue weighted by molar-refractivity contribution is 5.46. The summed E-state index contributed by atoms with van der Waals surface area (Å²) in [7, 11) is 0. The standard InChI is InChI=1S/C26H30/c1-7-9-2-13-11-4-15-17-6-18-16-5-12-14-3-10-8(1)20(12)25(19(7)11,22(15)16)26(21(9)10,23(13)17)24(14)18/h7-24H,1-6H2. The molecule has 20 bridgehead atoms. The lowest BCUT2D eigenvalue weighted by atomic mass is 9.01. The number of rotatable bonds is 0. The third kappa shape index (κ3) is 0.639. The third-order valence-electron chi connectivity index (χ3n) is 16.2. The Balaban J connectivity index is 1.37. The Morgan fingerprint density at radius 3 is 0.577 bits per heavy atom. The molecule has 12 unspecified atom stereocenters. The summed E-state index contributed by atoms with van der Waals surface area (Å²) in [4.78, 5) is 0. The molecule has 0 N–H and O–H groups in total. The maximum atomic E-state index is 1.76. The van der Waals surface area contributed by atoms with E-state index in [0.29, 0.717) is 0 Å². The van der Waals surface area contributed by atoms with Crippen molar-refractivity contribution in [3.05, 3.63) is 0 Å². The van der Waals surface area contributed by atoms with Crippen molar-refractivity contribution < 1.29 is 0 Å². The highest BCUT2D eigenvalue weighted by atomic mass is 15.0. The second-order valence-electron chi connectivity index (χ2n) is 14.4. The molecule has 12 atom stereocenters. The van der Waals surface area contributed by atoms with Crippen LogP contribution in [0.5, 0.6) is 0 Å². The van der Waals surface area contributed by atoms with Gasteiger partial charge in [-0.25, -0.2) is 0 Å². The molecule has 0 saturated heterocycles. The number of hydrogen-bond donors (Lipinski definition) is 0. The first kappa shape index (κ1) is 11.9. The fourth-order valence-corrected chi connectivity index (χ4v) is 18.2. The molecule has 26 heavy (non-hydrogen) atoms. The molecule has 134 valence electrons. The van der Waals surface area contributed by atoms with E-state index in [4.69, 9.17) is 0 Å². The van der Waals surface area contributed by atoms with E-state index in [1.54, 1.807) is 38.5 Å². The predicted octanol–water partition coefficient (Wildman–Crippen LogP) is 4.55. The van der Waals surface area contributed by atoms with Gasteiger partial charge in [-0.1, -0.05) is 0 Å². The van der Waals surface area contributed by atoms with Crippen LogP contribution in [0.2, 0.25) is 0 Å². The first-order valence-electron chi connectivity index (χ1n) is 12.9. The molecule has 0 amide bonds. The van der Waals surface area contributed by atoms with Crippen molar-refractivity contribution in [3.63, 3.8) is 0 Å². The minimum Gasteiger partial charge on any atom is -0.0464 e. The van der Waals surface area contributed by atoms with Gasteiger partial charge in [0.25, 0.3) is 0 Å². The van der Waals surface area contributed by atoms with Crippen LogP contribution in [0.25, 0.3) is 0 Å². The van der Waals surface area contributed by atoms with Gasteiger partial charge in [0, 0.05) is 0 Å². The van der Waals surface area contributed by atoms with Gasteiger partial charge in [0.2, 0.25) is 0 Å². The zero-order valence-electron chi connectivity index (χ0n) is 15.6. The minimum absolute atomic E-state index is 0.996. The van der Waals surface area contributed by atoms with Crippen LogP contribution in [0, 0.1) is 117 Å². The molecule has 0 aliphatic heterocycles. The van der Waals surface area contributed by atoms with Crippen molar-refractivity contribution in [3.8, 4) is 0 Å². The van der Waals surface area contributed by atoms with E-state index < -0.39 is 0 Å². The average Bonchev–Trinajstić information content (AvgIpc) is 2.69. The van der Waals surface area contributed by atoms with Crippen LogP contribution >= 0.6 is 0 Å². The molecule has 0 heterocycles. The van der Waals surface area contributed by atoms with Crippen LogP contribution in [-0.2, 0) is 0 Å². The van der Waals surface area contributed by atoms with Crippen LogP contribution in [0.3, 0.4) is 0 Å². The smallest absolute Gasteiger partial charge is 0.0131 e. The Kier molecular flexibility index (Phi) is 1.27. The predicted molar refractivity (Wildman–Crippen MR) is 95.4 cm³/mol. The van der Waals surface area contributed by atoms with E-state index in [-0.39, 0.29) is 0 Å². The van der Waals surface area contributed by atoms with Crippen molar-refractivity contribution in [1.82, 2.24) is 0 Å². The quantitative estimate of drug-likeness (QED) is 0.606. The molecule has 0 radical (unpaired) electrons. The molecule has 0 aromatic carbocycles. The summed E-state index contributed by atoms with van der Waals surface area (Å²) in [5, 5.41) is 0. The molecule has 18 saturated carbocycles. The van der Waals surface area contributed by atoms with E-state index >= 15 is 0 Å². The highest BCUT2D eigenvalue weighted by Gasteiger charge is 2.99. The lowest BCUT2D eigenvalue weighted by Gasteiger charge is -3.03. The van der Waals surface area contributed by atoms with Gasteiger partial charge < -0.3 is 0 Å². The summed E-state index contributed by atoms with van der Waals surface area (Å²) in [5.74, 6) is 23.0. The lowest BCUT2D eigenvalue weighted by Crippen LogP contribution is -2.99. The monoisotopic (exact) mass is 342 g/mol. The molecule has 18 fully saturated rings. The van der Waals surface area contributed by atoms with Gasteiger partial charge in [-0.15, -0.1) is 0 Å². The Hall–Kier alpha value is 0. The minimum atomic E-state index is 0.996. The molecular weight excluding hydrogens is 312 g/mol. The largest absolute Gasteiger partial charge is 0.0464 e. The van der Waals surface area contributed by atoms with Gasteiger partial charge in [-0.3, -0.25) is 0 Å². The lowest BCUT2D eigenvalue weighted by molar-refractivity contribution is -0.560. The van der Waals surface area contributed by atoms with Crippen molar-refractivity contribution in [2.45, 2.75) is 38.5 Å². The van der Waals surface area contributed by atoms with Gasteiger partial charge >= 0.3 is 0 Å². The molecule has 0 nitrogen and oxygen atoms in total. The molecule has 2 spiro atoms. The molecular formula is C26H30. The molecule has 18 aliphatic rings. The van der Waals surface area contributed by atoms with Crippen LogP contribution in [-0.4, -0.2) is 0 Å². The molecule has 0 heteroatoms. The number of hydrogen-bond acceptors (Lipinski definition) is 0. The summed E-state index contributed by atoms with van der Waals surface area (Å²) in [6.07, 6.45) is 10.6. The Labute approximate surface area is 156 Å². The van der Waals surface area contributed by atoms with Gasteiger partial charge in [-0.05, 0) is 156 Å². The zero-order valence-corrected chi connectivity index (χ0v) is 15.6. The summed E-state index contributed by atoms with van der Waals surface area (Å²) in [6, 6.07) is 0. The normalized spacial score (nSPS) is 95.1. The second-order valence-corrected chi connectivity index (χ2v) is 14.4. The van der Waals surface area contributed by atoms with Gasteiger partial charge in [0.05, 0.1) is 0 Å². The average molecular weight is 343 g/mol. The summed E-state index contributed by atoms with van der Waals surface area (Å²) < 4.78 is 0. The first-order valence-corrected chi connectivity index (χ1v) is 12.9. The topological polar surface area (TPSA) is 0 Å². The molecule has 18 aliphatic carbocycles. The van der Waals surface area contributed by atoms with Gasteiger partial charge in [0.1, 0.15) is 0 Å². The fourth-order valence-electron chi connectivity index (χ4n) is 18.2.